The van der Waals surface area contributed by atoms with Crippen LogP contribution in [0.5, 0.6) is 0 Å². The van der Waals surface area contributed by atoms with Gasteiger partial charge in [0.25, 0.3) is 5.91 Å². The number of benzene rings is 1. The monoisotopic (exact) mass is 384 g/mol. The van der Waals surface area contributed by atoms with E-state index in [1.807, 2.05) is 24.2 Å². The summed E-state index contributed by atoms with van der Waals surface area (Å²) in [4.78, 5) is 16.3. The summed E-state index contributed by atoms with van der Waals surface area (Å²) in [6.07, 6.45) is 2.24. The van der Waals surface area contributed by atoms with E-state index in [4.69, 9.17) is 11.6 Å². The van der Waals surface area contributed by atoms with Crippen molar-refractivity contribution in [1.29, 1.82) is 0 Å². The summed E-state index contributed by atoms with van der Waals surface area (Å²) in [5, 5.41) is 0.0615. The van der Waals surface area contributed by atoms with E-state index in [1.54, 1.807) is 11.0 Å². The molecule has 1 aromatic rings. The topological polar surface area (TPSA) is 23.6 Å². The molecule has 0 aromatic heterocycles. The molecule has 7 heteroatoms. The molecule has 2 aliphatic heterocycles. The molecule has 0 saturated carbocycles. The predicted molar refractivity (Wildman–Crippen MR) is 94.9 cm³/mol. The summed E-state index contributed by atoms with van der Waals surface area (Å²) in [5.74, 6) is -0.473. The number of hydrogen-bond donors (Lipinski definition) is 0. The lowest BCUT2D eigenvalue weighted by Crippen LogP contribution is -2.40. The largest absolute Gasteiger partial charge is 0.416 e. The Balaban J connectivity index is 1.81. The van der Waals surface area contributed by atoms with Crippen LogP contribution in [0.4, 0.5) is 13.2 Å². The average Bonchev–Trinajstić information content (AvgIpc) is 2.61. The molecule has 1 amide bonds. The molecule has 0 aliphatic carbocycles. The van der Waals surface area contributed by atoms with Gasteiger partial charge in [0.15, 0.2) is 0 Å². The van der Waals surface area contributed by atoms with Crippen molar-refractivity contribution in [2.75, 3.05) is 26.7 Å². The molecule has 1 saturated heterocycles. The van der Waals surface area contributed by atoms with Crippen molar-refractivity contribution in [3.8, 4) is 0 Å². The Morgan fingerprint density at radius 1 is 1.31 bits per heavy atom. The molecule has 0 N–H and O–H groups in total. The SMILES string of the molecule is CN1C=CC(C(=O)N2CCCC(c3ccc(Cl)cc3C(F)(F)F)C2)=CC1. The van der Waals surface area contributed by atoms with Crippen LogP contribution >= 0.6 is 11.6 Å². The fourth-order valence-corrected chi connectivity index (χ4v) is 3.64. The third-order valence-electron chi connectivity index (χ3n) is 4.82. The molecule has 0 spiro atoms. The highest BCUT2D eigenvalue weighted by Gasteiger charge is 2.37. The number of alkyl halides is 3. The number of piperidine rings is 1. The number of hydrogen-bond acceptors (Lipinski definition) is 2. The predicted octanol–water partition coefficient (Wildman–Crippen LogP) is 4.45. The number of carbonyl (C=O) groups is 1. The first kappa shape index (κ1) is 18.8. The summed E-state index contributed by atoms with van der Waals surface area (Å²) in [5.41, 5.74) is 0.103. The van der Waals surface area contributed by atoms with Gasteiger partial charge >= 0.3 is 6.18 Å². The highest BCUT2D eigenvalue weighted by Crippen LogP contribution is 2.39. The lowest BCUT2D eigenvalue weighted by atomic mass is 9.87. The number of amides is 1. The third kappa shape index (κ3) is 4.06. The van der Waals surface area contributed by atoms with Crippen LogP contribution in [-0.4, -0.2) is 42.4 Å². The van der Waals surface area contributed by atoms with E-state index in [1.165, 1.54) is 12.1 Å². The number of nitrogens with zero attached hydrogens (tertiary/aromatic N) is 2. The number of carbonyl (C=O) groups excluding carboxylic acids is 1. The zero-order chi connectivity index (χ0) is 18.9. The van der Waals surface area contributed by atoms with Crippen LogP contribution in [0.25, 0.3) is 0 Å². The van der Waals surface area contributed by atoms with E-state index < -0.39 is 11.7 Å². The zero-order valence-corrected chi connectivity index (χ0v) is 15.1. The molecule has 0 radical (unpaired) electrons. The summed E-state index contributed by atoms with van der Waals surface area (Å²) in [6, 6.07) is 3.90. The first-order valence-electron chi connectivity index (χ1n) is 8.50. The van der Waals surface area contributed by atoms with E-state index in [9.17, 15) is 18.0 Å². The van der Waals surface area contributed by atoms with Gasteiger partial charge in [0.05, 0.1) is 5.56 Å². The van der Waals surface area contributed by atoms with Gasteiger partial charge in [-0.15, -0.1) is 0 Å². The third-order valence-corrected chi connectivity index (χ3v) is 5.06. The second-order valence-electron chi connectivity index (χ2n) is 6.73. The van der Waals surface area contributed by atoms with Crippen LogP contribution in [0.1, 0.15) is 29.9 Å². The first-order chi connectivity index (χ1) is 12.3. The van der Waals surface area contributed by atoms with Crippen LogP contribution in [0, 0.1) is 0 Å². The lowest BCUT2D eigenvalue weighted by molar-refractivity contribution is -0.138. The number of likely N-dealkylation sites (N-methyl/N-ethyl adjacent to an activating group) is 1. The van der Waals surface area contributed by atoms with Crippen molar-refractivity contribution < 1.29 is 18.0 Å². The fraction of sp³-hybridized carbons (Fsp3) is 0.421. The second kappa shape index (κ2) is 7.35. The van der Waals surface area contributed by atoms with Crippen molar-refractivity contribution in [3.05, 3.63) is 58.3 Å². The van der Waals surface area contributed by atoms with Crippen LogP contribution < -0.4 is 0 Å². The Labute approximate surface area is 155 Å². The van der Waals surface area contributed by atoms with E-state index in [-0.39, 0.29) is 29.0 Å². The normalized spacial score (nSPS) is 21.0. The number of likely N-dealkylation sites (tertiary alicyclic amines) is 1. The lowest BCUT2D eigenvalue weighted by Gasteiger charge is -2.34. The Morgan fingerprint density at radius 2 is 2.08 bits per heavy atom. The molecule has 140 valence electrons. The van der Waals surface area contributed by atoms with Gasteiger partial charge in [-0.05, 0) is 42.8 Å². The van der Waals surface area contributed by atoms with Gasteiger partial charge in [-0.1, -0.05) is 23.7 Å². The molecule has 1 unspecified atom stereocenters. The maximum absolute atomic E-state index is 13.4. The second-order valence-corrected chi connectivity index (χ2v) is 7.17. The minimum atomic E-state index is -4.47. The van der Waals surface area contributed by atoms with E-state index >= 15 is 0 Å². The van der Waals surface area contributed by atoms with Crippen LogP contribution in [0.2, 0.25) is 5.02 Å². The van der Waals surface area contributed by atoms with Gasteiger partial charge < -0.3 is 9.80 Å². The first-order valence-corrected chi connectivity index (χ1v) is 8.88. The molecular formula is C19H20ClF3N2O. The van der Waals surface area contributed by atoms with E-state index in [0.29, 0.717) is 31.5 Å². The Kier molecular flexibility index (Phi) is 5.32. The summed E-state index contributed by atoms with van der Waals surface area (Å²) in [7, 11) is 1.91. The van der Waals surface area contributed by atoms with Gasteiger partial charge in [0.2, 0.25) is 0 Å². The van der Waals surface area contributed by atoms with E-state index in [2.05, 4.69) is 0 Å². The van der Waals surface area contributed by atoms with Crippen molar-refractivity contribution in [3.63, 3.8) is 0 Å². The van der Waals surface area contributed by atoms with Crippen molar-refractivity contribution >= 4 is 17.5 Å². The molecular weight excluding hydrogens is 365 g/mol. The Bertz CT molecular complexity index is 758. The number of rotatable bonds is 2. The minimum Gasteiger partial charge on any atom is -0.377 e. The molecule has 1 atom stereocenters. The van der Waals surface area contributed by atoms with Gasteiger partial charge in [-0.2, -0.15) is 13.2 Å². The molecule has 26 heavy (non-hydrogen) atoms. The molecule has 2 heterocycles. The molecule has 1 aromatic carbocycles. The quantitative estimate of drug-likeness (QED) is 0.752. The standard InChI is InChI=1S/C19H20ClF3N2O/c1-24-9-6-13(7-10-24)18(26)25-8-2-3-14(12-25)16-5-4-15(20)11-17(16)19(21,22)23/h4-7,9,11,14H,2-3,8,10,12H2,1H3. The molecule has 1 fully saturated rings. The van der Waals surface area contributed by atoms with E-state index in [0.717, 1.165) is 6.07 Å². The van der Waals surface area contributed by atoms with Gasteiger partial charge in [-0.3, -0.25) is 4.79 Å². The molecule has 0 bridgehead atoms. The average molecular weight is 385 g/mol. The molecule has 2 aliphatic rings. The van der Waals surface area contributed by atoms with Crippen LogP contribution in [-0.2, 0) is 11.0 Å². The number of halogens is 4. The van der Waals surface area contributed by atoms with Crippen LogP contribution in [0.3, 0.4) is 0 Å². The minimum absolute atomic E-state index is 0.0615. The van der Waals surface area contributed by atoms with Crippen molar-refractivity contribution in [2.24, 2.45) is 0 Å². The summed E-state index contributed by atoms with van der Waals surface area (Å²) < 4.78 is 40.2. The zero-order valence-electron chi connectivity index (χ0n) is 14.4. The van der Waals surface area contributed by atoms with Crippen molar-refractivity contribution in [2.45, 2.75) is 24.9 Å². The highest BCUT2D eigenvalue weighted by atomic mass is 35.5. The van der Waals surface area contributed by atoms with Gasteiger partial charge in [-0.25, -0.2) is 0 Å². The smallest absolute Gasteiger partial charge is 0.377 e. The van der Waals surface area contributed by atoms with Crippen LogP contribution in [0.15, 0.2) is 42.1 Å². The fourth-order valence-electron chi connectivity index (χ4n) is 3.47. The van der Waals surface area contributed by atoms with Gasteiger partial charge in [0, 0.05) is 43.2 Å². The Morgan fingerprint density at radius 3 is 2.73 bits per heavy atom. The molecule has 3 nitrogen and oxygen atoms in total. The molecule has 3 rings (SSSR count). The summed E-state index contributed by atoms with van der Waals surface area (Å²) >= 11 is 5.77. The maximum Gasteiger partial charge on any atom is 0.416 e. The maximum atomic E-state index is 13.4. The Hall–Kier alpha value is -1.95. The van der Waals surface area contributed by atoms with Crippen molar-refractivity contribution in [1.82, 2.24) is 9.80 Å². The highest BCUT2D eigenvalue weighted by molar-refractivity contribution is 6.30. The van der Waals surface area contributed by atoms with Gasteiger partial charge in [0.1, 0.15) is 0 Å². The summed E-state index contributed by atoms with van der Waals surface area (Å²) in [6.45, 7) is 1.49.